The zero-order chi connectivity index (χ0) is 15.8. The van der Waals surface area contributed by atoms with Gasteiger partial charge in [-0.05, 0) is 43.4 Å². The molecule has 23 heavy (non-hydrogen) atoms. The van der Waals surface area contributed by atoms with Crippen LogP contribution in [-0.4, -0.2) is 32.1 Å². The highest BCUT2D eigenvalue weighted by Crippen LogP contribution is 2.33. The maximum atomic E-state index is 13.1. The third-order valence-corrected chi connectivity index (χ3v) is 4.82. The molecule has 1 saturated heterocycles. The summed E-state index contributed by atoms with van der Waals surface area (Å²) in [5.41, 5.74) is 0.982. The molecule has 1 aromatic heterocycles. The van der Waals surface area contributed by atoms with Crippen molar-refractivity contribution >= 4 is 5.91 Å². The Morgan fingerprint density at radius 3 is 2.74 bits per heavy atom. The number of fused-ring (bicyclic) bond motifs is 1. The van der Waals surface area contributed by atoms with Crippen LogP contribution in [0.5, 0.6) is 0 Å². The van der Waals surface area contributed by atoms with Crippen LogP contribution in [0, 0.1) is 5.82 Å². The normalized spacial score (nSPS) is 20.6. The lowest BCUT2D eigenvalue weighted by Crippen LogP contribution is -2.33. The van der Waals surface area contributed by atoms with Crippen molar-refractivity contribution < 1.29 is 9.18 Å². The molecule has 1 amide bonds. The van der Waals surface area contributed by atoms with Crippen molar-refractivity contribution in [3.05, 3.63) is 47.3 Å². The van der Waals surface area contributed by atoms with E-state index in [0.717, 1.165) is 50.0 Å². The van der Waals surface area contributed by atoms with Gasteiger partial charge in [0.1, 0.15) is 11.6 Å². The Kier molecular flexibility index (Phi) is 3.59. The van der Waals surface area contributed by atoms with Crippen LogP contribution >= 0.6 is 0 Å². The molecule has 0 saturated carbocycles. The van der Waals surface area contributed by atoms with Crippen LogP contribution < -0.4 is 0 Å². The summed E-state index contributed by atoms with van der Waals surface area (Å²) in [5.74, 6) is 1.06. The summed E-state index contributed by atoms with van der Waals surface area (Å²) < 4.78 is 15.1. The Labute approximate surface area is 134 Å². The minimum absolute atomic E-state index is 0.000333. The van der Waals surface area contributed by atoms with Crippen molar-refractivity contribution in [3.8, 4) is 0 Å². The van der Waals surface area contributed by atoms with Crippen molar-refractivity contribution in [2.45, 2.75) is 44.7 Å². The first-order valence-electron chi connectivity index (χ1n) is 8.22. The van der Waals surface area contributed by atoms with Gasteiger partial charge in [0, 0.05) is 19.5 Å². The first-order valence-corrected chi connectivity index (χ1v) is 8.22. The predicted molar refractivity (Wildman–Crippen MR) is 82.4 cm³/mol. The molecule has 0 aliphatic carbocycles. The fraction of sp³-hybridized carbons (Fsp3) is 0.471. The first-order chi connectivity index (χ1) is 11.2. The van der Waals surface area contributed by atoms with Crippen LogP contribution in [-0.2, 0) is 13.0 Å². The number of amides is 1. The van der Waals surface area contributed by atoms with Crippen LogP contribution in [0.2, 0.25) is 0 Å². The quantitative estimate of drug-likeness (QED) is 0.856. The maximum absolute atomic E-state index is 13.1. The van der Waals surface area contributed by atoms with Crippen LogP contribution in [0.4, 0.5) is 4.39 Å². The summed E-state index contributed by atoms with van der Waals surface area (Å²) in [7, 11) is 0. The molecule has 1 atom stereocenters. The molecular formula is C17H19FN4O. The van der Waals surface area contributed by atoms with E-state index < -0.39 is 0 Å². The lowest BCUT2D eigenvalue weighted by Gasteiger charge is -2.25. The lowest BCUT2D eigenvalue weighted by molar-refractivity contribution is 0.0716. The lowest BCUT2D eigenvalue weighted by atomic mass is 10.0. The largest absolute Gasteiger partial charge is 0.329 e. The second-order valence-corrected chi connectivity index (χ2v) is 6.26. The van der Waals surface area contributed by atoms with E-state index in [2.05, 4.69) is 10.2 Å². The standard InChI is InChI=1S/C17H19FN4O/c18-13-8-6-12(7-9-13)14-4-3-11-21(14)17(23)16-20-19-15-5-1-2-10-22(15)16/h6-9,14H,1-5,10-11H2. The highest BCUT2D eigenvalue weighted by molar-refractivity contribution is 5.91. The highest BCUT2D eigenvalue weighted by Gasteiger charge is 2.34. The van der Waals surface area contributed by atoms with E-state index >= 15 is 0 Å². The van der Waals surface area contributed by atoms with Gasteiger partial charge in [0.2, 0.25) is 5.82 Å². The smallest absolute Gasteiger partial charge is 0.292 e. The molecule has 2 aromatic rings. The SMILES string of the molecule is O=C(c1nnc2n1CCCC2)N1CCCC1c1ccc(F)cc1. The van der Waals surface area contributed by atoms with Gasteiger partial charge >= 0.3 is 0 Å². The molecule has 120 valence electrons. The molecule has 0 bridgehead atoms. The van der Waals surface area contributed by atoms with E-state index in [1.54, 1.807) is 12.1 Å². The number of benzene rings is 1. The highest BCUT2D eigenvalue weighted by atomic mass is 19.1. The molecule has 2 aliphatic rings. The maximum Gasteiger partial charge on any atom is 0.292 e. The molecule has 0 N–H and O–H groups in total. The number of hydrogen-bond donors (Lipinski definition) is 0. The van der Waals surface area contributed by atoms with E-state index in [9.17, 15) is 9.18 Å². The van der Waals surface area contributed by atoms with E-state index in [4.69, 9.17) is 0 Å². The summed E-state index contributed by atoms with van der Waals surface area (Å²) in [5, 5.41) is 8.32. The zero-order valence-electron chi connectivity index (χ0n) is 12.9. The van der Waals surface area contributed by atoms with Crippen LogP contribution in [0.1, 0.15) is 53.7 Å². The summed E-state index contributed by atoms with van der Waals surface area (Å²) >= 11 is 0. The van der Waals surface area contributed by atoms with E-state index in [1.807, 2.05) is 9.47 Å². The Bertz CT molecular complexity index is 725. The number of halogens is 1. The van der Waals surface area contributed by atoms with Crippen LogP contribution in [0.3, 0.4) is 0 Å². The van der Waals surface area contributed by atoms with Crippen molar-refractivity contribution in [1.29, 1.82) is 0 Å². The van der Waals surface area contributed by atoms with Crippen molar-refractivity contribution in [1.82, 2.24) is 19.7 Å². The van der Waals surface area contributed by atoms with Gasteiger partial charge in [-0.1, -0.05) is 12.1 Å². The Hall–Kier alpha value is -2.24. The van der Waals surface area contributed by atoms with Gasteiger partial charge in [0.05, 0.1) is 6.04 Å². The number of hydrogen-bond acceptors (Lipinski definition) is 3. The number of aromatic nitrogens is 3. The second-order valence-electron chi connectivity index (χ2n) is 6.26. The molecule has 1 fully saturated rings. The molecule has 1 aromatic carbocycles. The summed E-state index contributed by atoms with van der Waals surface area (Å²) in [6.45, 7) is 1.53. The minimum Gasteiger partial charge on any atom is -0.329 e. The van der Waals surface area contributed by atoms with Crippen LogP contribution in [0.15, 0.2) is 24.3 Å². The monoisotopic (exact) mass is 314 g/mol. The molecule has 0 spiro atoms. The van der Waals surface area contributed by atoms with Gasteiger partial charge in [-0.25, -0.2) is 4.39 Å². The van der Waals surface area contributed by atoms with E-state index in [1.165, 1.54) is 12.1 Å². The summed E-state index contributed by atoms with van der Waals surface area (Å²) in [6.07, 6.45) is 4.91. The van der Waals surface area contributed by atoms with Gasteiger partial charge < -0.3 is 9.47 Å². The number of aryl methyl sites for hydroxylation is 1. The number of carbonyl (C=O) groups excluding carboxylic acids is 1. The Balaban J connectivity index is 1.62. The van der Waals surface area contributed by atoms with Gasteiger partial charge in [-0.15, -0.1) is 10.2 Å². The fourth-order valence-electron chi connectivity index (χ4n) is 3.64. The molecule has 0 radical (unpaired) electrons. The third-order valence-electron chi connectivity index (χ3n) is 4.82. The van der Waals surface area contributed by atoms with Crippen molar-refractivity contribution in [3.63, 3.8) is 0 Å². The molecule has 4 rings (SSSR count). The van der Waals surface area contributed by atoms with Crippen molar-refractivity contribution in [2.24, 2.45) is 0 Å². The van der Waals surface area contributed by atoms with Gasteiger partial charge in [0.25, 0.3) is 5.91 Å². The molecule has 1 unspecified atom stereocenters. The second kappa shape index (κ2) is 5.76. The summed E-state index contributed by atoms with van der Waals surface area (Å²) in [6, 6.07) is 6.44. The number of carbonyl (C=O) groups is 1. The van der Waals surface area contributed by atoms with Crippen molar-refractivity contribution in [2.75, 3.05) is 6.54 Å². The minimum atomic E-state index is -0.254. The first kappa shape index (κ1) is 14.4. The molecule has 6 heteroatoms. The van der Waals surface area contributed by atoms with E-state index in [-0.39, 0.29) is 17.8 Å². The van der Waals surface area contributed by atoms with Crippen LogP contribution in [0.25, 0.3) is 0 Å². The predicted octanol–water partition coefficient (Wildman–Crippen LogP) is 2.73. The average Bonchev–Trinajstić information content (AvgIpc) is 3.22. The Morgan fingerprint density at radius 2 is 1.91 bits per heavy atom. The van der Waals surface area contributed by atoms with Gasteiger partial charge in [-0.2, -0.15) is 0 Å². The average molecular weight is 314 g/mol. The van der Waals surface area contributed by atoms with E-state index in [0.29, 0.717) is 12.4 Å². The zero-order valence-corrected chi connectivity index (χ0v) is 12.9. The molecule has 3 heterocycles. The third kappa shape index (κ3) is 2.52. The molecule has 5 nitrogen and oxygen atoms in total. The molecular weight excluding hydrogens is 295 g/mol. The molecule has 2 aliphatic heterocycles. The topological polar surface area (TPSA) is 51.0 Å². The summed E-state index contributed by atoms with van der Waals surface area (Å²) in [4.78, 5) is 14.8. The Morgan fingerprint density at radius 1 is 1.09 bits per heavy atom. The fourth-order valence-corrected chi connectivity index (χ4v) is 3.64. The number of nitrogens with zero attached hydrogens (tertiary/aromatic N) is 4. The number of likely N-dealkylation sites (tertiary alicyclic amines) is 1. The number of rotatable bonds is 2. The van der Waals surface area contributed by atoms with Gasteiger partial charge in [0.15, 0.2) is 0 Å². The van der Waals surface area contributed by atoms with Gasteiger partial charge in [-0.3, -0.25) is 4.79 Å².